The van der Waals surface area contributed by atoms with Crippen molar-refractivity contribution in [1.29, 1.82) is 0 Å². The minimum Gasteiger partial charge on any atom is -0.339 e. The first kappa shape index (κ1) is 19.9. The van der Waals surface area contributed by atoms with E-state index in [4.69, 9.17) is 0 Å². The SMILES string of the molecule is CN1CCN(C(=O)CN(c2ccc(Br)cc2)S(=O)(=O)c2ccccc2)CC1. The van der Waals surface area contributed by atoms with Crippen LogP contribution in [0.2, 0.25) is 0 Å². The molecule has 8 heteroatoms. The van der Waals surface area contributed by atoms with Crippen LogP contribution >= 0.6 is 15.9 Å². The van der Waals surface area contributed by atoms with Gasteiger partial charge in [0.1, 0.15) is 6.54 Å². The number of nitrogens with zero attached hydrogens (tertiary/aromatic N) is 3. The van der Waals surface area contributed by atoms with Gasteiger partial charge in [-0.15, -0.1) is 0 Å². The maximum absolute atomic E-state index is 13.2. The molecule has 1 heterocycles. The molecule has 1 fully saturated rings. The van der Waals surface area contributed by atoms with Gasteiger partial charge in [0.15, 0.2) is 0 Å². The van der Waals surface area contributed by atoms with E-state index in [1.165, 1.54) is 4.31 Å². The number of benzene rings is 2. The third-order valence-electron chi connectivity index (χ3n) is 4.58. The molecular weight excluding hydrogens is 430 g/mol. The molecule has 0 atom stereocenters. The Hall–Kier alpha value is -1.90. The van der Waals surface area contributed by atoms with Crippen LogP contribution in [0.5, 0.6) is 0 Å². The number of halogens is 1. The summed E-state index contributed by atoms with van der Waals surface area (Å²) in [6.07, 6.45) is 0. The lowest BCUT2D eigenvalue weighted by atomic mass is 10.3. The van der Waals surface area contributed by atoms with Crippen LogP contribution in [0.25, 0.3) is 0 Å². The van der Waals surface area contributed by atoms with Crippen molar-refractivity contribution in [2.24, 2.45) is 0 Å². The minimum absolute atomic E-state index is 0.166. The zero-order valence-electron chi connectivity index (χ0n) is 15.1. The third kappa shape index (κ3) is 4.69. The van der Waals surface area contributed by atoms with E-state index < -0.39 is 10.0 Å². The maximum atomic E-state index is 13.2. The van der Waals surface area contributed by atoms with Gasteiger partial charge in [-0.05, 0) is 43.4 Å². The van der Waals surface area contributed by atoms with Gasteiger partial charge in [-0.2, -0.15) is 0 Å². The highest BCUT2D eigenvalue weighted by molar-refractivity contribution is 9.10. The molecule has 27 heavy (non-hydrogen) atoms. The van der Waals surface area contributed by atoms with E-state index in [-0.39, 0.29) is 17.3 Å². The molecule has 0 radical (unpaired) electrons. The van der Waals surface area contributed by atoms with Crippen molar-refractivity contribution in [2.75, 3.05) is 44.1 Å². The fourth-order valence-corrected chi connectivity index (χ4v) is 4.62. The fourth-order valence-electron chi connectivity index (χ4n) is 2.92. The van der Waals surface area contributed by atoms with Gasteiger partial charge in [0.25, 0.3) is 10.0 Å². The van der Waals surface area contributed by atoms with Crippen LogP contribution in [-0.4, -0.2) is 63.9 Å². The summed E-state index contributed by atoms with van der Waals surface area (Å²) in [5.74, 6) is -0.189. The van der Waals surface area contributed by atoms with E-state index in [1.807, 2.05) is 7.05 Å². The van der Waals surface area contributed by atoms with Crippen molar-refractivity contribution >= 4 is 37.5 Å². The van der Waals surface area contributed by atoms with Crippen LogP contribution in [0.3, 0.4) is 0 Å². The van der Waals surface area contributed by atoms with E-state index >= 15 is 0 Å². The molecule has 0 aromatic heterocycles. The van der Waals surface area contributed by atoms with Crippen molar-refractivity contribution in [1.82, 2.24) is 9.80 Å². The summed E-state index contributed by atoms with van der Waals surface area (Å²) in [5, 5.41) is 0. The van der Waals surface area contributed by atoms with E-state index in [0.29, 0.717) is 18.8 Å². The lowest BCUT2D eigenvalue weighted by molar-refractivity contribution is -0.131. The zero-order chi connectivity index (χ0) is 19.4. The molecule has 1 aliphatic rings. The lowest BCUT2D eigenvalue weighted by Crippen LogP contribution is -2.50. The van der Waals surface area contributed by atoms with Crippen LogP contribution in [0, 0.1) is 0 Å². The molecule has 0 saturated carbocycles. The molecule has 2 aromatic rings. The molecule has 6 nitrogen and oxygen atoms in total. The summed E-state index contributed by atoms with van der Waals surface area (Å²) < 4.78 is 28.5. The number of likely N-dealkylation sites (N-methyl/N-ethyl adjacent to an activating group) is 1. The predicted molar refractivity (Wildman–Crippen MR) is 109 cm³/mol. The van der Waals surface area contributed by atoms with Gasteiger partial charge in [0, 0.05) is 30.7 Å². The molecule has 1 saturated heterocycles. The topological polar surface area (TPSA) is 60.9 Å². The molecule has 0 spiro atoms. The molecule has 1 amide bonds. The van der Waals surface area contributed by atoms with Crippen molar-refractivity contribution in [3.05, 3.63) is 59.1 Å². The fraction of sp³-hybridized carbons (Fsp3) is 0.316. The Morgan fingerprint density at radius 3 is 2.19 bits per heavy atom. The van der Waals surface area contributed by atoms with Gasteiger partial charge in [-0.3, -0.25) is 9.10 Å². The first-order chi connectivity index (χ1) is 12.9. The summed E-state index contributed by atoms with van der Waals surface area (Å²) in [4.78, 5) is 16.9. The second-order valence-corrected chi connectivity index (χ2v) is 9.26. The standard InChI is InChI=1S/C19H22BrN3O3S/c1-21-11-13-22(14-12-21)19(24)15-23(17-9-7-16(20)8-10-17)27(25,26)18-5-3-2-4-6-18/h2-10H,11-15H2,1H3. The quantitative estimate of drug-likeness (QED) is 0.700. The first-order valence-corrected chi connectivity index (χ1v) is 10.9. The van der Waals surface area contributed by atoms with Crippen molar-refractivity contribution in [3.63, 3.8) is 0 Å². The predicted octanol–water partition coefficient (Wildman–Crippen LogP) is 2.42. The van der Waals surface area contributed by atoms with Crippen molar-refractivity contribution in [2.45, 2.75) is 4.90 Å². The monoisotopic (exact) mass is 451 g/mol. The van der Waals surface area contributed by atoms with Gasteiger partial charge in [-0.25, -0.2) is 8.42 Å². The van der Waals surface area contributed by atoms with Crippen LogP contribution in [0.4, 0.5) is 5.69 Å². The highest BCUT2D eigenvalue weighted by Crippen LogP contribution is 2.25. The summed E-state index contributed by atoms with van der Waals surface area (Å²) in [5.41, 5.74) is 0.463. The van der Waals surface area contributed by atoms with E-state index in [1.54, 1.807) is 59.5 Å². The number of rotatable bonds is 5. The molecule has 0 bridgehead atoms. The average Bonchev–Trinajstić information content (AvgIpc) is 2.68. The second-order valence-electron chi connectivity index (χ2n) is 6.49. The Labute approximate surface area is 168 Å². The smallest absolute Gasteiger partial charge is 0.264 e. The number of carbonyl (C=O) groups is 1. The number of piperazine rings is 1. The number of sulfonamides is 1. The molecule has 0 unspecified atom stereocenters. The van der Waals surface area contributed by atoms with Gasteiger partial charge in [0.2, 0.25) is 5.91 Å². The number of hydrogen-bond acceptors (Lipinski definition) is 4. The number of hydrogen-bond donors (Lipinski definition) is 0. The van der Waals surface area contributed by atoms with E-state index in [0.717, 1.165) is 17.6 Å². The highest BCUT2D eigenvalue weighted by atomic mass is 79.9. The van der Waals surface area contributed by atoms with Crippen LogP contribution < -0.4 is 4.31 Å². The summed E-state index contributed by atoms with van der Waals surface area (Å²) in [6, 6.07) is 15.1. The molecule has 2 aromatic carbocycles. The van der Waals surface area contributed by atoms with Crippen LogP contribution in [-0.2, 0) is 14.8 Å². The highest BCUT2D eigenvalue weighted by Gasteiger charge is 2.29. The Balaban J connectivity index is 1.91. The Morgan fingerprint density at radius 1 is 1.00 bits per heavy atom. The Bertz CT molecular complexity index is 880. The number of anilines is 1. The number of carbonyl (C=O) groups excluding carboxylic acids is 1. The molecule has 1 aliphatic heterocycles. The molecular formula is C19H22BrN3O3S. The van der Waals surface area contributed by atoms with E-state index in [9.17, 15) is 13.2 Å². The van der Waals surface area contributed by atoms with Gasteiger partial charge in [0.05, 0.1) is 10.6 Å². The van der Waals surface area contributed by atoms with Gasteiger partial charge >= 0.3 is 0 Å². The molecule has 3 rings (SSSR count). The summed E-state index contributed by atoms with van der Waals surface area (Å²) >= 11 is 3.36. The minimum atomic E-state index is -3.85. The van der Waals surface area contributed by atoms with Crippen LogP contribution in [0.1, 0.15) is 0 Å². The second kappa shape index (κ2) is 8.41. The molecule has 144 valence electrons. The van der Waals surface area contributed by atoms with Crippen molar-refractivity contribution < 1.29 is 13.2 Å². The van der Waals surface area contributed by atoms with Gasteiger partial charge in [-0.1, -0.05) is 34.1 Å². The molecule has 0 aliphatic carbocycles. The van der Waals surface area contributed by atoms with E-state index in [2.05, 4.69) is 20.8 Å². The third-order valence-corrected chi connectivity index (χ3v) is 6.90. The largest absolute Gasteiger partial charge is 0.339 e. The Morgan fingerprint density at radius 2 is 1.59 bits per heavy atom. The summed E-state index contributed by atoms with van der Waals surface area (Å²) in [6.45, 7) is 2.57. The first-order valence-electron chi connectivity index (χ1n) is 8.67. The van der Waals surface area contributed by atoms with Crippen LogP contribution in [0.15, 0.2) is 64.0 Å². The lowest BCUT2D eigenvalue weighted by Gasteiger charge is -2.34. The number of amides is 1. The average molecular weight is 452 g/mol. The zero-order valence-corrected chi connectivity index (χ0v) is 17.5. The van der Waals surface area contributed by atoms with Gasteiger partial charge < -0.3 is 9.80 Å². The summed E-state index contributed by atoms with van der Waals surface area (Å²) in [7, 11) is -1.84. The maximum Gasteiger partial charge on any atom is 0.264 e. The molecule has 0 N–H and O–H groups in total. The Kier molecular flexibility index (Phi) is 6.18. The van der Waals surface area contributed by atoms with Crippen molar-refractivity contribution in [3.8, 4) is 0 Å². The normalized spacial score (nSPS) is 15.6.